The van der Waals surface area contributed by atoms with Gasteiger partial charge in [0.25, 0.3) is 0 Å². The number of hydrogen-bond acceptors (Lipinski definition) is 4. The molecule has 1 N–H and O–H groups in total. The highest BCUT2D eigenvalue weighted by atomic mass is 35.5. The van der Waals surface area contributed by atoms with E-state index in [1.165, 1.54) is 7.05 Å². The number of benzene rings is 2. The summed E-state index contributed by atoms with van der Waals surface area (Å²) in [6.45, 7) is 1.60. The van der Waals surface area contributed by atoms with Crippen molar-refractivity contribution in [2.75, 3.05) is 17.7 Å². The molecular weight excluding hydrogens is 378 g/mol. The molecule has 2 aromatic carbocycles. The van der Waals surface area contributed by atoms with Crippen molar-refractivity contribution < 1.29 is 22.7 Å². The Labute approximate surface area is 155 Å². The maximum atomic E-state index is 11.9. The van der Waals surface area contributed by atoms with Gasteiger partial charge in [-0.15, -0.1) is 0 Å². The van der Waals surface area contributed by atoms with E-state index in [4.69, 9.17) is 21.1 Å². The lowest BCUT2D eigenvalue weighted by Gasteiger charge is -2.07. The van der Waals surface area contributed by atoms with Crippen LogP contribution in [-0.2, 0) is 9.84 Å². The third-order valence-electron chi connectivity index (χ3n) is 4.10. The van der Waals surface area contributed by atoms with E-state index in [1.54, 1.807) is 43.3 Å². The van der Waals surface area contributed by atoms with Gasteiger partial charge in [0.2, 0.25) is 5.88 Å². The molecule has 0 unspecified atom stereocenters. The fourth-order valence-electron chi connectivity index (χ4n) is 2.54. The Bertz CT molecular complexity index is 1090. The Hall–Kier alpha value is -2.51. The highest BCUT2D eigenvalue weighted by Crippen LogP contribution is 2.35. The third kappa shape index (κ3) is 3.27. The Kier molecular flexibility index (Phi) is 4.68. The van der Waals surface area contributed by atoms with E-state index in [9.17, 15) is 13.2 Å². The average molecular weight is 394 g/mol. The summed E-state index contributed by atoms with van der Waals surface area (Å²) >= 11 is 6.28. The molecule has 0 aliphatic rings. The largest absolute Gasteiger partial charge is 0.465 e. The number of sulfone groups is 1. The SMILES string of the molecule is CCS(=O)(=O)c1ccc(-c2cc(Cl)c3oc(N(C)C(=O)O)cc3c2)cc1. The maximum absolute atomic E-state index is 11.9. The van der Waals surface area contributed by atoms with Crippen molar-refractivity contribution in [3.63, 3.8) is 0 Å². The average Bonchev–Trinajstić information content (AvgIpc) is 3.05. The van der Waals surface area contributed by atoms with Gasteiger partial charge >= 0.3 is 6.09 Å². The Morgan fingerprint density at radius 3 is 2.38 bits per heavy atom. The third-order valence-corrected chi connectivity index (χ3v) is 6.13. The monoisotopic (exact) mass is 393 g/mol. The number of carbonyl (C=O) groups is 1. The van der Waals surface area contributed by atoms with Crippen LogP contribution in [0, 0.1) is 0 Å². The molecule has 0 spiro atoms. The van der Waals surface area contributed by atoms with Gasteiger partial charge in [0.1, 0.15) is 0 Å². The van der Waals surface area contributed by atoms with Crippen LogP contribution in [0.3, 0.4) is 0 Å². The number of rotatable bonds is 4. The quantitative estimate of drug-likeness (QED) is 0.696. The number of furan rings is 1. The lowest BCUT2D eigenvalue weighted by Crippen LogP contribution is -2.22. The molecule has 136 valence electrons. The summed E-state index contributed by atoms with van der Waals surface area (Å²) in [7, 11) is -1.88. The molecule has 1 amide bonds. The second kappa shape index (κ2) is 6.66. The van der Waals surface area contributed by atoms with Crippen LogP contribution in [-0.4, -0.2) is 32.4 Å². The van der Waals surface area contributed by atoms with Crippen LogP contribution >= 0.6 is 11.6 Å². The van der Waals surface area contributed by atoms with Crippen LogP contribution in [0.15, 0.2) is 51.8 Å². The molecule has 0 saturated carbocycles. The van der Waals surface area contributed by atoms with Gasteiger partial charge in [-0.3, -0.25) is 4.90 Å². The van der Waals surface area contributed by atoms with Crippen molar-refractivity contribution in [1.29, 1.82) is 0 Å². The summed E-state index contributed by atoms with van der Waals surface area (Å²) in [5, 5.41) is 10.1. The van der Waals surface area contributed by atoms with Gasteiger partial charge in [0.15, 0.2) is 15.4 Å². The van der Waals surface area contributed by atoms with Crippen LogP contribution < -0.4 is 4.90 Å². The number of amides is 1. The first-order chi connectivity index (χ1) is 12.2. The van der Waals surface area contributed by atoms with Crippen molar-refractivity contribution in [2.24, 2.45) is 0 Å². The lowest BCUT2D eigenvalue weighted by molar-refractivity contribution is 0.202. The predicted octanol–water partition coefficient (Wildman–Crippen LogP) is 4.66. The van der Waals surface area contributed by atoms with E-state index in [-0.39, 0.29) is 16.5 Å². The van der Waals surface area contributed by atoms with Crippen LogP contribution in [0.2, 0.25) is 5.02 Å². The molecule has 0 fully saturated rings. The van der Waals surface area contributed by atoms with Gasteiger partial charge in [-0.05, 0) is 35.4 Å². The molecule has 3 rings (SSSR count). The molecule has 0 atom stereocenters. The smallest absolute Gasteiger partial charge is 0.413 e. The molecule has 0 aliphatic carbocycles. The normalized spacial score (nSPS) is 11.7. The number of hydrogen-bond donors (Lipinski definition) is 1. The van der Waals surface area contributed by atoms with Crippen molar-refractivity contribution in [3.05, 3.63) is 47.5 Å². The van der Waals surface area contributed by atoms with Crippen molar-refractivity contribution in [2.45, 2.75) is 11.8 Å². The summed E-state index contributed by atoms with van der Waals surface area (Å²) in [4.78, 5) is 12.3. The van der Waals surface area contributed by atoms with Crippen LogP contribution in [0.5, 0.6) is 0 Å². The lowest BCUT2D eigenvalue weighted by atomic mass is 10.0. The van der Waals surface area contributed by atoms with Gasteiger partial charge in [-0.1, -0.05) is 30.7 Å². The minimum Gasteiger partial charge on any atom is -0.465 e. The number of carboxylic acid groups (broad SMARTS) is 1. The summed E-state index contributed by atoms with van der Waals surface area (Å²) in [6.07, 6.45) is -1.15. The fraction of sp³-hybridized carbons (Fsp3) is 0.167. The van der Waals surface area contributed by atoms with Gasteiger partial charge < -0.3 is 9.52 Å². The zero-order valence-corrected chi connectivity index (χ0v) is 15.6. The Morgan fingerprint density at radius 2 is 1.81 bits per heavy atom. The molecule has 0 bridgehead atoms. The molecule has 1 aromatic heterocycles. The molecule has 6 nitrogen and oxygen atoms in total. The van der Waals surface area contributed by atoms with E-state index in [0.29, 0.717) is 16.0 Å². The number of halogens is 1. The summed E-state index contributed by atoms with van der Waals surface area (Å²) in [6, 6.07) is 11.6. The molecule has 3 aromatic rings. The fourth-order valence-corrected chi connectivity index (χ4v) is 3.69. The molecule has 0 aliphatic heterocycles. The van der Waals surface area contributed by atoms with Crippen molar-refractivity contribution >= 4 is 44.4 Å². The first-order valence-electron chi connectivity index (χ1n) is 7.76. The van der Waals surface area contributed by atoms with Gasteiger partial charge in [-0.2, -0.15) is 0 Å². The number of nitrogens with zero attached hydrogens (tertiary/aromatic N) is 1. The highest BCUT2D eigenvalue weighted by molar-refractivity contribution is 7.91. The minimum atomic E-state index is -3.26. The summed E-state index contributed by atoms with van der Waals surface area (Å²) < 4.78 is 29.4. The number of anilines is 1. The first kappa shape index (κ1) is 18.3. The van der Waals surface area contributed by atoms with Crippen molar-refractivity contribution in [3.8, 4) is 11.1 Å². The zero-order chi connectivity index (χ0) is 19.1. The van der Waals surface area contributed by atoms with Gasteiger partial charge in [-0.25, -0.2) is 13.2 Å². The number of fused-ring (bicyclic) bond motifs is 1. The second-order valence-electron chi connectivity index (χ2n) is 5.73. The second-order valence-corrected chi connectivity index (χ2v) is 8.42. The first-order valence-corrected chi connectivity index (χ1v) is 9.79. The van der Waals surface area contributed by atoms with E-state index in [1.807, 2.05) is 6.07 Å². The van der Waals surface area contributed by atoms with Gasteiger partial charge in [0.05, 0.1) is 15.7 Å². The Morgan fingerprint density at radius 1 is 1.15 bits per heavy atom. The van der Waals surface area contributed by atoms with Crippen LogP contribution in [0.1, 0.15) is 6.92 Å². The zero-order valence-electron chi connectivity index (χ0n) is 14.1. The van der Waals surface area contributed by atoms with Crippen LogP contribution in [0.25, 0.3) is 22.1 Å². The molecular formula is C18H16ClNO5S. The standard InChI is InChI=1S/C18H16ClNO5S/c1-3-26(23,24)14-6-4-11(5-7-14)12-8-13-10-16(20(2)18(21)22)25-17(13)15(19)9-12/h4-10H,3H2,1-2H3,(H,21,22). The topological polar surface area (TPSA) is 87.8 Å². The molecule has 0 saturated heterocycles. The minimum absolute atomic E-state index is 0.0407. The van der Waals surface area contributed by atoms with E-state index >= 15 is 0 Å². The van der Waals surface area contributed by atoms with Gasteiger partial charge in [0, 0.05) is 18.5 Å². The molecule has 1 heterocycles. The molecule has 26 heavy (non-hydrogen) atoms. The predicted molar refractivity (Wildman–Crippen MR) is 101 cm³/mol. The maximum Gasteiger partial charge on any atom is 0.413 e. The van der Waals surface area contributed by atoms with Crippen LogP contribution in [0.4, 0.5) is 10.7 Å². The van der Waals surface area contributed by atoms with E-state index in [2.05, 4.69) is 0 Å². The van der Waals surface area contributed by atoms with Crippen molar-refractivity contribution in [1.82, 2.24) is 0 Å². The Balaban J connectivity index is 2.05. The summed E-state index contributed by atoms with van der Waals surface area (Å²) in [5.74, 6) is 0.204. The van der Waals surface area contributed by atoms with E-state index in [0.717, 1.165) is 16.0 Å². The summed E-state index contributed by atoms with van der Waals surface area (Å²) in [5.41, 5.74) is 1.95. The molecule has 8 heteroatoms. The highest BCUT2D eigenvalue weighted by Gasteiger charge is 2.17. The molecule has 0 radical (unpaired) electrons. The van der Waals surface area contributed by atoms with E-state index < -0.39 is 15.9 Å².